The number of hydrogen-bond acceptors (Lipinski definition) is 0. The third kappa shape index (κ3) is 27.0. The van der Waals surface area contributed by atoms with Crippen molar-refractivity contribution in [2.75, 3.05) is 52.4 Å². The van der Waals surface area contributed by atoms with Gasteiger partial charge in [-0.1, -0.05) is 132 Å². The van der Waals surface area contributed by atoms with Gasteiger partial charge in [0.25, 0.3) is 0 Å². The van der Waals surface area contributed by atoms with Crippen molar-refractivity contribution in [1.29, 1.82) is 0 Å². The molecule has 0 aliphatic heterocycles. The highest BCUT2D eigenvalue weighted by molar-refractivity contribution is 4.97. The first-order valence-electron chi connectivity index (χ1n) is 19.2. The highest BCUT2D eigenvalue weighted by atomic mass is 15.4. The molecule has 2 heteroatoms. The zero-order chi connectivity index (χ0) is 31.7. The van der Waals surface area contributed by atoms with E-state index in [2.05, 4.69) is 82.2 Å². The van der Waals surface area contributed by atoms with Gasteiger partial charge in [0, 0.05) is 0 Å². The minimum absolute atomic E-state index is 1.22. The zero-order valence-corrected chi connectivity index (χ0v) is 31.4. The van der Waals surface area contributed by atoms with E-state index in [9.17, 15) is 0 Å². The Morgan fingerprint density at radius 1 is 0.341 bits per heavy atom. The molecule has 0 aromatic carbocycles. The van der Waals surface area contributed by atoms with E-state index in [1.165, 1.54) is 177 Å². The van der Waals surface area contributed by atoms with Crippen LogP contribution in [0, 0.1) is 0 Å². The molecule has 0 atom stereocenters. The summed E-state index contributed by atoms with van der Waals surface area (Å²) in [6.07, 6.45) is 26.7. The van der Waals surface area contributed by atoms with Gasteiger partial charge in [-0.2, -0.15) is 0 Å². The second kappa shape index (κ2) is 34.2. The summed E-state index contributed by atoms with van der Waals surface area (Å²) in [6, 6.07) is 0. The summed E-state index contributed by atoms with van der Waals surface area (Å²) >= 11 is 0. The molecule has 0 aliphatic rings. The average Bonchev–Trinajstić information content (AvgIpc) is 3.01. The van der Waals surface area contributed by atoms with Gasteiger partial charge >= 0.3 is 0 Å². The van der Waals surface area contributed by atoms with E-state index in [0.29, 0.717) is 0 Å². The standard InChI is InChI=1S/2C16H36N.C7H14/c2*1-5-9-13-17(14-10-6-2,15-11-7-3)16-12-8-4;1-4-7(5-2)6-3/h2*5-16H2,1-4H3;4H,5-6H2,1-3H3/q2*+1;. The van der Waals surface area contributed by atoms with Crippen LogP contribution in [-0.4, -0.2) is 61.3 Å². The molecule has 0 fully saturated rings. The number of quaternary nitrogens is 2. The van der Waals surface area contributed by atoms with Gasteiger partial charge in [-0.15, -0.1) is 0 Å². The number of rotatable bonds is 26. The summed E-state index contributed by atoms with van der Waals surface area (Å²) in [6.45, 7) is 36.5. The molecule has 0 N–H and O–H groups in total. The van der Waals surface area contributed by atoms with E-state index in [1.807, 2.05) is 0 Å². The van der Waals surface area contributed by atoms with Crippen LogP contribution in [-0.2, 0) is 0 Å². The number of hydrogen-bond donors (Lipinski definition) is 0. The molecule has 41 heavy (non-hydrogen) atoms. The van der Waals surface area contributed by atoms with Gasteiger partial charge in [-0.25, -0.2) is 0 Å². The second-order valence-corrected chi connectivity index (χ2v) is 13.0. The third-order valence-electron chi connectivity index (χ3n) is 9.20. The molecular formula is C39H86N2+2. The quantitative estimate of drug-likeness (QED) is 0.0702. The Morgan fingerprint density at radius 2 is 0.512 bits per heavy atom. The summed E-state index contributed by atoms with van der Waals surface area (Å²) in [7, 11) is 0. The smallest absolute Gasteiger partial charge is 0.0786 e. The monoisotopic (exact) mass is 583 g/mol. The number of unbranched alkanes of at least 4 members (excludes halogenated alkanes) is 8. The molecule has 0 radical (unpaired) electrons. The van der Waals surface area contributed by atoms with Crippen LogP contribution in [0.1, 0.15) is 192 Å². The molecular weight excluding hydrogens is 496 g/mol. The maximum atomic E-state index is 2.33. The highest BCUT2D eigenvalue weighted by Gasteiger charge is 2.25. The van der Waals surface area contributed by atoms with E-state index in [-0.39, 0.29) is 0 Å². The van der Waals surface area contributed by atoms with Crippen LogP contribution in [0.25, 0.3) is 0 Å². The van der Waals surface area contributed by atoms with E-state index in [0.717, 1.165) is 0 Å². The van der Waals surface area contributed by atoms with Crippen molar-refractivity contribution < 1.29 is 8.97 Å². The predicted octanol–water partition coefficient (Wildman–Crippen LogP) is 12.8. The van der Waals surface area contributed by atoms with Gasteiger partial charge in [-0.05, 0) is 71.1 Å². The van der Waals surface area contributed by atoms with Gasteiger partial charge in [-0.3, -0.25) is 0 Å². The summed E-state index contributed by atoms with van der Waals surface area (Å²) in [5.74, 6) is 0. The van der Waals surface area contributed by atoms with Crippen molar-refractivity contribution in [3.8, 4) is 0 Å². The van der Waals surface area contributed by atoms with Gasteiger partial charge in [0.15, 0.2) is 0 Å². The first-order valence-corrected chi connectivity index (χ1v) is 19.2. The number of nitrogens with zero attached hydrogens (tertiary/aromatic N) is 2. The predicted molar refractivity (Wildman–Crippen MR) is 193 cm³/mol. The van der Waals surface area contributed by atoms with Crippen molar-refractivity contribution >= 4 is 0 Å². The lowest BCUT2D eigenvalue weighted by atomic mass is 10.1. The minimum Gasteiger partial charge on any atom is -0.324 e. The summed E-state index contributed by atoms with van der Waals surface area (Å²) in [5, 5.41) is 0. The molecule has 0 saturated carbocycles. The van der Waals surface area contributed by atoms with E-state index in [4.69, 9.17) is 0 Å². The molecule has 0 unspecified atom stereocenters. The molecule has 0 saturated heterocycles. The lowest BCUT2D eigenvalue weighted by Crippen LogP contribution is -2.50. The molecule has 0 spiro atoms. The molecule has 0 aromatic rings. The maximum absolute atomic E-state index is 2.33. The van der Waals surface area contributed by atoms with Crippen LogP contribution in [0.3, 0.4) is 0 Å². The van der Waals surface area contributed by atoms with Crippen molar-refractivity contribution in [2.24, 2.45) is 0 Å². The molecule has 0 bridgehead atoms. The normalized spacial score (nSPS) is 11.4. The van der Waals surface area contributed by atoms with E-state index in [1.54, 1.807) is 5.57 Å². The Labute approximate surface area is 264 Å². The third-order valence-corrected chi connectivity index (χ3v) is 9.20. The molecule has 0 aromatic heterocycles. The molecule has 0 rings (SSSR count). The van der Waals surface area contributed by atoms with Crippen LogP contribution in [0.5, 0.6) is 0 Å². The fourth-order valence-corrected chi connectivity index (χ4v) is 5.95. The maximum Gasteiger partial charge on any atom is 0.0786 e. The van der Waals surface area contributed by atoms with Crippen LogP contribution in [0.4, 0.5) is 0 Å². The van der Waals surface area contributed by atoms with Crippen molar-refractivity contribution in [2.45, 2.75) is 192 Å². The first-order chi connectivity index (χ1) is 19.8. The first kappa shape index (κ1) is 45.1. The van der Waals surface area contributed by atoms with Crippen molar-refractivity contribution in [3.05, 3.63) is 11.6 Å². The Kier molecular flexibility index (Phi) is 37.6. The summed E-state index contributed by atoms with van der Waals surface area (Å²) in [5.41, 5.74) is 1.56. The van der Waals surface area contributed by atoms with Gasteiger partial charge in [0.05, 0.1) is 52.4 Å². The Hall–Kier alpha value is -0.340. The Morgan fingerprint density at radius 3 is 0.585 bits per heavy atom. The molecule has 250 valence electrons. The molecule has 0 aliphatic carbocycles. The summed E-state index contributed by atoms with van der Waals surface area (Å²) in [4.78, 5) is 0. The minimum atomic E-state index is 1.22. The molecule has 0 heterocycles. The second-order valence-electron chi connectivity index (χ2n) is 13.0. The van der Waals surface area contributed by atoms with E-state index >= 15 is 0 Å². The SMILES string of the molecule is CC=C(CC)CC.CCCC[N+](CCCC)(CCCC)CCCC.CCCC[N+](CCCC)(CCCC)CCCC. The van der Waals surface area contributed by atoms with Gasteiger partial charge in [0.2, 0.25) is 0 Å². The average molecular weight is 583 g/mol. The number of allylic oxidation sites excluding steroid dienone is 2. The van der Waals surface area contributed by atoms with Gasteiger partial charge < -0.3 is 8.97 Å². The molecule has 2 nitrogen and oxygen atoms in total. The summed E-state index contributed by atoms with van der Waals surface area (Å²) < 4.78 is 2.84. The van der Waals surface area contributed by atoms with Crippen molar-refractivity contribution in [3.63, 3.8) is 0 Å². The highest BCUT2D eigenvalue weighted by Crippen LogP contribution is 2.17. The zero-order valence-electron chi connectivity index (χ0n) is 31.4. The lowest BCUT2D eigenvalue weighted by Gasteiger charge is -2.39. The van der Waals surface area contributed by atoms with Crippen molar-refractivity contribution in [1.82, 2.24) is 0 Å². The molecule has 0 amide bonds. The van der Waals surface area contributed by atoms with Crippen LogP contribution >= 0.6 is 0 Å². The Bertz CT molecular complexity index is 393. The van der Waals surface area contributed by atoms with Crippen LogP contribution < -0.4 is 0 Å². The fraction of sp³-hybridized carbons (Fsp3) is 0.949. The van der Waals surface area contributed by atoms with Crippen LogP contribution in [0.2, 0.25) is 0 Å². The van der Waals surface area contributed by atoms with E-state index < -0.39 is 0 Å². The van der Waals surface area contributed by atoms with Gasteiger partial charge in [0.1, 0.15) is 0 Å². The largest absolute Gasteiger partial charge is 0.324 e. The van der Waals surface area contributed by atoms with Crippen LogP contribution in [0.15, 0.2) is 11.6 Å². The lowest BCUT2D eigenvalue weighted by molar-refractivity contribution is -0.929. The topological polar surface area (TPSA) is 0 Å². The fourth-order valence-electron chi connectivity index (χ4n) is 5.95. The Balaban J connectivity index is -0.000000574.